The van der Waals surface area contributed by atoms with Crippen LogP contribution in [0.4, 0.5) is 0 Å². The molecule has 1 aromatic rings. The molecule has 0 saturated carbocycles. The molecule has 4 heteroatoms. The lowest BCUT2D eigenvalue weighted by atomic mass is 10.1. The van der Waals surface area contributed by atoms with Crippen LogP contribution in [0.3, 0.4) is 0 Å². The maximum absolute atomic E-state index is 5.99. The van der Waals surface area contributed by atoms with E-state index in [0.717, 1.165) is 44.3 Å². The Morgan fingerprint density at radius 2 is 2.30 bits per heavy atom. The summed E-state index contributed by atoms with van der Waals surface area (Å²) >= 11 is 0. The molecule has 2 rings (SSSR count). The van der Waals surface area contributed by atoms with Gasteiger partial charge in [-0.2, -0.15) is 0 Å². The molecule has 1 aliphatic heterocycles. The van der Waals surface area contributed by atoms with Crippen LogP contribution in [0.15, 0.2) is 10.5 Å². The summed E-state index contributed by atoms with van der Waals surface area (Å²) in [5, 5.41) is 3.41. The monoisotopic (exact) mass is 280 g/mol. The first-order valence-corrected chi connectivity index (χ1v) is 7.61. The van der Waals surface area contributed by atoms with E-state index in [1.807, 2.05) is 0 Å². The smallest absolute Gasteiger partial charge is 0.120 e. The van der Waals surface area contributed by atoms with Crippen LogP contribution in [-0.2, 0) is 17.8 Å². The van der Waals surface area contributed by atoms with Crippen LogP contribution >= 0.6 is 0 Å². The Morgan fingerprint density at radius 3 is 3.00 bits per heavy atom. The van der Waals surface area contributed by atoms with Gasteiger partial charge in [-0.25, -0.2) is 0 Å². The van der Waals surface area contributed by atoms with Crippen molar-refractivity contribution < 1.29 is 9.15 Å². The molecule has 1 N–H and O–H groups in total. The van der Waals surface area contributed by atoms with Gasteiger partial charge < -0.3 is 14.5 Å². The van der Waals surface area contributed by atoms with E-state index in [4.69, 9.17) is 9.15 Å². The van der Waals surface area contributed by atoms with E-state index in [0.29, 0.717) is 12.0 Å². The average Bonchev–Trinajstić information content (AvgIpc) is 2.95. The van der Waals surface area contributed by atoms with Gasteiger partial charge in [-0.3, -0.25) is 4.90 Å². The molecule has 0 radical (unpaired) electrons. The van der Waals surface area contributed by atoms with Gasteiger partial charge in [0.25, 0.3) is 0 Å². The second-order valence-corrected chi connectivity index (χ2v) is 6.20. The zero-order valence-electron chi connectivity index (χ0n) is 13.2. The Bertz CT molecular complexity index is 415. The van der Waals surface area contributed by atoms with Crippen molar-refractivity contribution in [3.05, 3.63) is 23.2 Å². The van der Waals surface area contributed by atoms with Gasteiger partial charge in [-0.1, -0.05) is 13.8 Å². The van der Waals surface area contributed by atoms with Gasteiger partial charge in [0, 0.05) is 19.7 Å². The summed E-state index contributed by atoms with van der Waals surface area (Å²) in [6, 6.07) is 2.66. The molecule has 1 fully saturated rings. The fourth-order valence-electron chi connectivity index (χ4n) is 2.79. The largest absolute Gasteiger partial charge is 0.463 e. The number of ether oxygens (including phenoxy) is 1. The van der Waals surface area contributed by atoms with Crippen molar-refractivity contribution >= 4 is 0 Å². The minimum Gasteiger partial charge on any atom is -0.463 e. The number of nitrogens with zero attached hydrogens (tertiary/aromatic N) is 1. The van der Waals surface area contributed by atoms with Crippen LogP contribution in [0.2, 0.25) is 0 Å². The highest BCUT2D eigenvalue weighted by Crippen LogP contribution is 2.21. The van der Waals surface area contributed by atoms with Gasteiger partial charge in [-0.05, 0) is 37.4 Å². The fraction of sp³-hybridized carbons (Fsp3) is 0.750. The van der Waals surface area contributed by atoms with Crippen molar-refractivity contribution in [2.75, 3.05) is 26.8 Å². The molecule has 0 spiro atoms. The molecule has 114 valence electrons. The summed E-state index contributed by atoms with van der Waals surface area (Å²) in [5.74, 6) is 2.83. The third-order valence-electron chi connectivity index (χ3n) is 3.89. The summed E-state index contributed by atoms with van der Waals surface area (Å²) in [6.07, 6.45) is 1.23. The highest BCUT2D eigenvalue weighted by atomic mass is 16.5. The lowest BCUT2D eigenvalue weighted by Gasteiger charge is -2.14. The van der Waals surface area contributed by atoms with Gasteiger partial charge in [0.05, 0.1) is 19.7 Å². The summed E-state index contributed by atoms with van der Waals surface area (Å²) in [4.78, 5) is 2.46. The predicted molar refractivity (Wildman–Crippen MR) is 80.7 cm³/mol. The van der Waals surface area contributed by atoms with Crippen LogP contribution in [-0.4, -0.2) is 37.7 Å². The Kier molecular flexibility index (Phi) is 5.64. The van der Waals surface area contributed by atoms with Crippen LogP contribution in [0, 0.1) is 12.8 Å². The Balaban J connectivity index is 1.86. The molecule has 0 aromatic carbocycles. The molecule has 1 aliphatic rings. The molecule has 1 aromatic heterocycles. The second kappa shape index (κ2) is 7.25. The first-order chi connectivity index (χ1) is 9.58. The molecule has 0 amide bonds. The lowest BCUT2D eigenvalue weighted by molar-refractivity contribution is 0.151. The topological polar surface area (TPSA) is 37.6 Å². The number of methoxy groups -OCH3 is 1. The zero-order chi connectivity index (χ0) is 14.5. The molecular weight excluding hydrogens is 252 g/mol. The number of nitrogens with one attached hydrogen (secondary N) is 1. The summed E-state index contributed by atoms with van der Waals surface area (Å²) in [7, 11) is 1.78. The van der Waals surface area contributed by atoms with E-state index in [9.17, 15) is 0 Å². The molecule has 2 heterocycles. The van der Waals surface area contributed by atoms with E-state index >= 15 is 0 Å². The van der Waals surface area contributed by atoms with Crippen molar-refractivity contribution in [2.45, 2.75) is 46.3 Å². The van der Waals surface area contributed by atoms with Crippen molar-refractivity contribution in [1.29, 1.82) is 0 Å². The Hall–Kier alpha value is -0.840. The van der Waals surface area contributed by atoms with Gasteiger partial charge in [0.1, 0.15) is 11.5 Å². The minimum atomic E-state index is 0.483. The second-order valence-electron chi connectivity index (χ2n) is 6.20. The van der Waals surface area contributed by atoms with Gasteiger partial charge in [-0.15, -0.1) is 0 Å². The van der Waals surface area contributed by atoms with Gasteiger partial charge >= 0.3 is 0 Å². The van der Waals surface area contributed by atoms with Gasteiger partial charge in [0.2, 0.25) is 0 Å². The first-order valence-electron chi connectivity index (χ1n) is 7.61. The quantitative estimate of drug-likeness (QED) is 0.833. The predicted octanol–water partition coefficient (Wildman–Crippen LogP) is 2.55. The Labute approximate surface area is 122 Å². The van der Waals surface area contributed by atoms with Crippen molar-refractivity contribution in [1.82, 2.24) is 10.2 Å². The van der Waals surface area contributed by atoms with Crippen LogP contribution in [0.1, 0.15) is 37.4 Å². The number of rotatable bonds is 7. The number of hydrogen-bond acceptors (Lipinski definition) is 4. The number of aryl methyl sites for hydroxylation is 1. The van der Waals surface area contributed by atoms with Gasteiger partial charge in [0.15, 0.2) is 0 Å². The third kappa shape index (κ3) is 4.33. The standard InChI is InChI=1S/C16H28N2O2/c1-12(2)17-8-16-13(3)7-15(20-16)10-18-6-5-14(9-18)11-19-4/h7,12,14,17H,5-6,8-11H2,1-4H3. The van der Waals surface area contributed by atoms with E-state index in [1.165, 1.54) is 12.0 Å². The molecule has 0 aliphatic carbocycles. The van der Waals surface area contributed by atoms with Crippen LogP contribution in [0.5, 0.6) is 0 Å². The van der Waals surface area contributed by atoms with Crippen molar-refractivity contribution in [3.63, 3.8) is 0 Å². The normalized spacial score (nSPS) is 20.1. The minimum absolute atomic E-state index is 0.483. The molecule has 1 atom stereocenters. The summed E-state index contributed by atoms with van der Waals surface area (Å²) in [6.45, 7) is 11.3. The van der Waals surface area contributed by atoms with E-state index in [-0.39, 0.29) is 0 Å². The maximum Gasteiger partial charge on any atom is 0.120 e. The summed E-state index contributed by atoms with van der Waals surface area (Å²) in [5.41, 5.74) is 1.25. The zero-order valence-corrected chi connectivity index (χ0v) is 13.2. The highest BCUT2D eigenvalue weighted by Gasteiger charge is 2.23. The maximum atomic E-state index is 5.99. The fourth-order valence-corrected chi connectivity index (χ4v) is 2.79. The first kappa shape index (κ1) is 15.5. The molecule has 0 bridgehead atoms. The van der Waals surface area contributed by atoms with Crippen molar-refractivity contribution in [2.24, 2.45) is 5.92 Å². The molecule has 1 unspecified atom stereocenters. The van der Waals surface area contributed by atoms with Crippen LogP contribution in [0.25, 0.3) is 0 Å². The van der Waals surface area contributed by atoms with E-state index in [2.05, 4.69) is 37.1 Å². The van der Waals surface area contributed by atoms with Crippen molar-refractivity contribution in [3.8, 4) is 0 Å². The average molecular weight is 280 g/mol. The van der Waals surface area contributed by atoms with E-state index in [1.54, 1.807) is 7.11 Å². The Morgan fingerprint density at radius 1 is 1.50 bits per heavy atom. The SMILES string of the molecule is COCC1CCN(Cc2cc(C)c(CNC(C)C)o2)C1. The molecule has 4 nitrogen and oxygen atoms in total. The number of hydrogen-bond donors (Lipinski definition) is 1. The number of furan rings is 1. The summed E-state index contributed by atoms with van der Waals surface area (Å²) < 4.78 is 11.2. The molecule has 20 heavy (non-hydrogen) atoms. The molecular formula is C16H28N2O2. The van der Waals surface area contributed by atoms with Crippen LogP contribution < -0.4 is 5.32 Å². The lowest BCUT2D eigenvalue weighted by Crippen LogP contribution is -2.22. The highest BCUT2D eigenvalue weighted by molar-refractivity contribution is 5.20. The molecule has 1 saturated heterocycles. The third-order valence-corrected chi connectivity index (χ3v) is 3.89. The van der Waals surface area contributed by atoms with E-state index < -0.39 is 0 Å². The number of likely N-dealkylation sites (tertiary alicyclic amines) is 1.